The second-order valence-electron chi connectivity index (χ2n) is 7.78. The first-order valence-electron chi connectivity index (χ1n) is 10.2. The van der Waals surface area contributed by atoms with Gasteiger partial charge in [-0.1, -0.05) is 45.1 Å². The highest BCUT2D eigenvalue weighted by atomic mass is 16.7. The maximum atomic E-state index is 12.7. The molecule has 158 valence electrons. The van der Waals surface area contributed by atoms with Gasteiger partial charge >= 0.3 is 6.03 Å². The number of imide groups is 1. The number of unbranched alkanes of at least 4 members (excludes halogenated alkanes) is 4. The Morgan fingerprint density at radius 3 is 2.72 bits per heavy atom. The number of benzene rings is 1. The Labute approximate surface area is 170 Å². The summed E-state index contributed by atoms with van der Waals surface area (Å²) >= 11 is 0. The summed E-state index contributed by atoms with van der Waals surface area (Å²) in [4.78, 5) is 38.3. The van der Waals surface area contributed by atoms with Gasteiger partial charge < -0.3 is 20.1 Å². The minimum atomic E-state index is -0.930. The SMILES string of the molecule is CCCCCCCC1(C)NC(=O)N(CC(=O)NCc2ccc3c(c2)OCO3)C1=O. The molecule has 8 heteroatoms. The Hall–Kier alpha value is -2.77. The van der Waals surface area contributed by atoms with Gasteiger partial charge in [0.05, 0.1) is 0 Å². The number of urea groups is 1. The van der Waals surface area contributed by atoms with E-state index in [2.05, 4.69) is 17.6 Å². The van der Waals surface area contributed by atoms with Crippen molar-refractivity contribution in [1.29, 1.82) is 0 Å². The van der Waals surface area contributed by atoms with Crippen molar-refractivity contribution in [1.82, 2.24) is 15.5 Å². The Bertz CT molecular complexity index is 782. The van der Waals surface area contributed by atoms with Crippen molar-refractivity contribution < 1.29 is 23.9 Å². The van der Waals surface area contributed by atoms with Gasteiger partial charge in [0.15, 0.2) is 11.5 Å². The van der Waals surface area contributed by atoms with Crippen LogP contribution in [0.2, 0.25) is 0 Å². The fourth-order valence-corrected chi connectivity index (χ4v) is 3.59. The van der Waals surface area contributed by atoms with Crippen LogP contribution >= 0.6 is 0 Å². The normalized spacial score (nSPS) is 20.1. The first-order valence-corrected chi connectivity index (χ1v) is 10.2. The summed E-state index contributed by atoms with van der Waals surface area (Å²) in [7, 11) is 0. The van der Waals surface area contributed by atoms with Gasteiger partial charge in [-0.2, -0.15) is 0 Å². The third kappa shape index (κ3) is 4.99. The molecular weight excluding hydrogens is 374 g/mol. The summed E-state index contributed by atoms with van der Waals surface area (Å²) in [6.45, 7) is 4.05. The van der Waals surface area contributed by atoms with Gasteiger partial charge in [0.1, 0.15) is 12.1 Å². The predicted molar refractivity (Wildman–Crippen MR) is 106 cm³/mol. The molecular formula is C21H29N3O5. The molecule has 3 rings (SSSR count). The highest BCUT2D eigenvalue weighted by Crippen LogP contribution is 2.32. The highest BCUT2D eigenvalue weighted by molar-refractivity contribution is 6.08. The van der Waals surface area contributed by atoms with E-state index in [4.69, 9.17) is 9.47 Å². The van der Waals surface area contributed by atoms with Crippen molar-refractivity contribution in [3.8, 4) is 11.5 Å². The van der Waals surface area contributed by atoms with E-state index in [-0.39, 0.29) is 25.8 Å². The van der Waals surface area contributed by atoms with Crippen molar-refractivity contribution in [3.63, 3.8) is 0 Å². The lowest BCUT2D eigenvalue weighted by Crippen LogP contribution is -2.45. The molecule has 1 fully saturated rings. The lowest BCUT2D eigenvalue weighted by atomic mass is 9.94. The summed E-state index contributed by atoms with van der Waals surface area (Å²) in [5.41, 5.74) is -0.0855. The molecule has 1 saturated heterocycles. The summed E-state index contributed by atoms with van der Waals surface area (Å²) in [5, 5.41) is 5.50. The van der Waals surface area contributed by atoms with Crippen molar-refractivity contribution in [2.24, 2.45) is 0 Å². The topological polar surface area (TPSA) is 97.0 Å². The number of hydrogen-bond acceptors (Lipinski definition) is 5. The summed E-state index contributed by atoms with van der Waals surface area (Å²) in [5.74, 6) is 0.587. The first kappa shape index (κ1) is 21.0. The van der Waals surface area contributed by atoms with Crippen LogP contribution in [0.25, 0.3) is 0 Å². The number of fused-ring (bicyclic) bond motifs is 1. The second kappa shape index (κ2) is 9.15. The summed E-state index contributed by atoms with van der Waals surface area (Å²) in [6, 6.07) is 4.90. The molecule has 2 heterocycles. The van der Waals surface area contributed by atoms with E-state index >= 15 is 0 Å². The molecule has 2 aliphatic rings. The van der Waals surface area contributed by atoms with Crippen molar-refractivity contribution in [2.45, 2.75) is 64.5 Å². The average Bonchev–Trinajstić information content (AvgIpc) is 3.24. The zero-order chi connectivity index (χ0) is 20.9. The van der Waals surface area contributed by atoms with Crippen LogP contribution in [0.1, 0.15) is 57.9 Å². The van der Waals surface area contributed by atoms with E-state index in [0.29, 0.717) is 17.9 Å². The van der Waals surface area contributed by atoms with Crippen LogP contribution in [0, 0.1) is 0 Å². The third-order valence-corrected chi connectivity index (χ3v) is 5.35. The number of nitrogens with zero attached hydrogens (tertiary/aromatic N) is 1. The molecule has 1 aromatic rings. The minimum absolute atomic E-state index is 0.189. The quantitative estimate of drug-likeness (QED) is 0.462. The first-order chi connectivity index (χ1) is 13.9. The molecule has 2 N–H and O–H groups in total. The number of carbonyl (C=O) groups is 3. The molecule has 8 nitrogen and oxygen atoms in total. The van der Waals surface area contributed by atoms with Gasteiger partial charge in [-0.05, 0) is 31.0 Å². The van der Waals surface area contributed by atoms with Gasteiger partial charge in [-0.25, -0.2) is 4.79 Å². The van der Waals surface area contributed by atoms with E-state index in [0.717, 1.165) is 36.1 Å². The van der Waals surface area contributed by atoms with Gasteiger partial charge in [-0.3, -0.25) is 14.5 Å². The number of ether oxygens (including phenoxy) is 2. The molecule has 1 unspecified atom stereocenters. The Balaban J connectivity index is 1.48. The number of nitrogens with one attached hydrogen (secondary N) is 2. The molecule has 0 aliphatic carbocycles. The maximum Gasteiger partial charge on any atom is 0.325 e. The Morgan fingerprint density at radius 1 is 1.17 bits per heavy atom. The zero-order valence-corrected chi connectivity index (χ0v) is 17.1. The maximum absolute atomic E-state index is 12.7. The summed E-state index contributed by atoms with van der Waals surface area (Å²) < 4.78 is 10.6. The van der Waals surface area contributed by atoms with Crippen molar-refractivity contribution >= 4 is 17.8 Å². The molecule has 0 spiro atoms. The largest absolute Gasteiger partial charge is 0.454 e. The molecule has 0 aromatic heterocycles. The molecule has 1 aromatic carbocycles. The number of rotatable bonds is 10. The van der Waals surface area contributed by atoms with Crippen LogP contribution in [0.4, 0.5) is 4.79 Å². The molecule has 1 atom stereocenters. The second-order valence-corrected chi connectivity index (χ2v) is 7.78. The molecule has 4 amide bonds. The molecule has 0 saturated carbocycles. The van der Waals surface area contributed by atoms with E-state index in [1.165, 1.54) is 6.42 Å². The van der Waals surface area contributed by atoms with E-state index in [1.54, 1.807) is 19.1 Å². The van der Waals surface area contributed by atoms with Gasteiger partial charge in [0, 0.05) is 6.54 Å². The van der Waals surface area contributed by atoms with Crippen LogP contribution in [-0.2, 0) is 16.1 Å². The Kier molecular flexibility index (Phi) is 6.61. The van der Waals surface area contributed by atoms with Gasteiger partial charge in [0.25, 0.3) is 5.91 Å². The van der Waals surface area contributed by atoms with Crippen molar-refractivity contribution in [3.05, 3.63) is 23.8 Å². The van der Waals surface area contributed by atoms with E-state index in [9.17, 15) is 14.4 Å². The van der Waals surface area contributed by atoms with Crippen LogP contribution in [-0.4, -0.2) is 41.6 Å². The molecule has 0 bridgehead atoms. The average molecular weight is 403 g/mol. The molecule has 2 aliphatic heterocycles. The number of carbonyl (C=O) groups excluding carboxylic acids is 3. The number of amides is 4. The monoisotopic (exact) mass is 403 g/mol. The smallest absolute Gasteiger partial charge is 0.325 e. The van der Waals surface area contributed by atoms with Crippen LogP contribution in [0.3, 0.4) is 0 Å². The number of hydrogen-bond donors (Lipinski definition) is 2. The van der Waals surface area contributed by atoms with Crippen LogP contribution in [0.5, 0.6) is 11.5 Å². The van der Waals surface area contributed by atoms with Crippen molar-refractivity contribution in [2.75, 3.05) is 13.3 Å². The fourth-order valence-electron chi connectivity index (χ4n) is 3.59. The summed E-state index contributed by atoms with van der Waals surface area (Å²) in [6.07, 6.45) is 5.93. The Morgan fingerprint density at radius 2 is 1.93 bits per heavy atom. The molecule has 29 heavy (non-hydrogen) atoms. The van der Waals surface area contributed by atoms with Crippen LogP contribution < -0.4 is 20.1 Å². The lowest BCUT2D eigenvalue weighted by Gasteiger charge is -2.21. The van der Waals surface area contributed by atoms with Gasteiger partial charge in [0.2, 0.25) is 12.7 Å². The van der Waals surface area contributed by atoms with Gasteiger partial charge in [-0.15, -0.1) is 0 Å². The minimum Gasteiger partial charge on any atom is -0.454 e. The standard InChI is InChI=1S/C21H29N3O5/c1-3-4-5-6-7-10-21(2)19(26)24(20(27)23-21)13-18(25)22-12-15-8-9-16-17(11-15)29-14-28-16/h8-9,11H,3-7,10,12-14H2,1-2H3,(H,22,25)(H,23,27). The van der Waals surface area contributed by atoms with Crippen LogP contribution in [0.15, 0.2) is 18.2 Å². The molecule has 0 radical (unpaired) electrons. The predicted octanol–water partition coefficient (Wildman–Crippen LogP) is 2.70. The fraction of sp³-hybridized carbons (Fsp3) is 0.571. The zero-order valence-electron chi connectivity index (χ0n) is 17.1. The van der Waals surface area contributed by atoms with E-state index in [1.807, 2.05) is 6.07 Å². The highest BCUT2D eigenvalue weighted by Gasteiger charge is 2.47. The lowest BCUT2D eigenvalue weighted by molar-refractivity contribution is -0.134. The van der Waals surface area contributed by atoms with E-state index < -0.39 is 17.5 Å². The third-order valence-electron chi connectivity index (χ3n) is 5.35.